The Balaban J connectivity index is 2.12. The van der Waals surface area contributed by atoms with Crippen LogP contribution < -0.4 is 0 Å². The molecule has 0 radical (unpaired) electrons. The van der Waals surface area contributed by atoms with Gasteiger partial charge < -0.3 is 4.52 Å². The Morgan fingerprint density at radius 1 is 1.54 bits per heavy atom. The summed E-state index contributed by atoms with van der Waals surface area (Å²) in [6.45, 7) is 4.16. The lowest BCUT2D eigenvalue weighted by atomic mass is 10.1. The van der Waals surface area contributed by atoms with Crippen LogP contribution in [0.25, 0.3) is 0 Å². The van der Waals surface area contributed by atoms with E-state index in [0.29, 0.717) is 11.8 Å². The fourth-order valence-electron chi connectivity index (χ4n) is 1.38. The summed E-state index contributed by atoms with van der Waals surface area (Å²) >= 11 is 1.97. The van der Waals surface area contributed by atoms with Crippen molar-refractivity contribution in [2.24, 2.45) is 0 Å². The molecule has 0 aromatic carbocycles. The van der Waals surface area contributed by atoms with Crippen LogP contribution in [0, 0.1) is 0 Å². The highest BCUT2D eigenvalue weighted by molar-refractivity contribution is 7.99. The third kappa shape index (κ3) is 1.88. The monoisotopic (exact) mass is 198 g/mol. The summed E-state index contributed by atoms with van der Waals surface area (Å²) in [7, 11) is 0. The lowest BCUT2D eigenvalue weighted by Gasteiger charge is -1.98. The van der Waals surface area contributed by atoms with Crippen LogP contribution in [0.4, 0.5) is 0 Å². The largest absolute Gasteiger partial charge is 0.339 e. The Bertz CT molecular complexity index is 279. The molecule has 1 atom stereocenters. The van der Waals surface area contributed by atoms with E-state index in [9.17, 15) is 0 Å². The standard InChI is InChI=1S/C9H14N2OS/c1-6(2)8-10-9(12-11-8)7-3-4-13-5-7/h6-7H,3-5H2,1-2H3. The van der Waals surface area contributed by atoms with Crippen LogP contribution in [-0.4, -0.2) is 21.6 Å². The first-order chi connectivity index (χ1) is 6.27. The summed E-state index contributed by atoms with van der Waals surface area (Å²) < 4.78 is 5.24. The highest BCUT2D eigenvalue weighted by Gasteiger charge is 2.23. The molecule has 1 unspecified atom stereocenters. The molecule has 1 fully saturated rings. The van der Waals surface area contributed by atoms with Crippen molar-refractivity contribution in [3.8, 4) is 0 Å². The van der Waals surface area contributed by atoms with Crippen LogP contribution in [0.3, 0.4) is 0 Å². The van der Waals surface area contributed by atoms with Gasteiger partial charge in [0, 0.05) is 17.6 Å². The molecule has 0 N–H and O–H groups in total. The topological polar surface area (TPSA) is 38.9 Å². The summed E-state index contributed by atoms with van der Waals surface area (Å²) in [6, 6.07) is 0. The van der Waals surface area contributed by atoms with E-state index in [-0.39, 0.29) is 0 Å². The maximum atomic E-state index is 5.24. The summed E-state index contributed by atoms with van der Waals surface area (Å²) in [4.78, 5) is 4.40. The van der Waals surface area contributed by atoms with Gasteiger partial charge in [-0.25, -0.2) is 0 Å². The predicted molar refractivity (Wildman–Crippen MR) is 53.1 cm³/mol. The van der Waals surface area contributed by atoms with E-state index in [4.69, 9.17) is 4.52 Å². The van der Waals surface area contributed by atoms with E-state index in [1.165, 1.54) is 12.2 Å². The van der Waals surface area contributed by atoms with Gasteiger partial charge in [0.15, 0.2) is 5.82 Å². The highest BCUT2D eigenvalue weighted by Crippen LogP contribution is 2.31. The second-order valence-electron chi connectivity index (χ2n) is 3.71. The van der Waals surface area contributed by atoms with Gasteiger partial charge in [0.05, 0.1) is 0 Å². The van der Waals surface area contributed by atoms with E-state index in [2.05, 4.69) is 24.0 Å². The fraction of sp³-hybridized carbons (Fsp3) is 0.778. The summed E-state index contributed by atoms with van der Waals surface area (Å²) in [5.74, 6) is 4.92. The van der Waals surface area contributed by atoms with Crippen molar-refractivity contribution < 1.29 is 4.52 Å². The molecule has 0 amide bonds. The zero-order valence-corrected chi connectivity index (χ0v) is 8.80. The maximum Gasteiger partial charge on any atom is 0.230 e. The van der Waals surface area contributed by atoms with E-state index in [0.717, 1.165) is 17.5 Å². The second kappa shape index (κ2) is 3.70. The van der Waals surface area contributed by atoms with Gasteiger partial charge >= 0.3 is 0 Å². The zero-order valence-electron chi connectivity index (χ0n) is 7.99. The molecule has 1 saturated heterocycles. The molecule has 13 heavy (non-hydrogen) atoms. The first-order valence-electron chi connectivity index (χ1n) is 4.68. The average Bonchev–Trinajstić information content (AvgIpc) is 2.75. The number of aromatic nitrogens is 2. The first-order valence-corrected chi connectivity index (χ1v) is 5.84. The molecule has 0 bridgehead atoms. The highest BCUT2D eigenvalue weighted by atomic mass is 32.2. The third-order valence-electron chi connectivity index (χ3n) is 2.25. The maximum absolute atomic E-state index is 5.24. The van der Waals surface area contributed by atoms with Crippen LogP contribution in [0.15, 0.2) is 4.52 Å². The number of rotatable bonds is 2. The van der Waals surface area contributed by atoms with E-state index in [1.807, 2.05) is 11.8 Å². The molecule has 1 aromatic rings. The molecule has 72 valence electrons. The Hall–Kier alpha value is -0.510. The van der Waals surface area contributed by atoms with Crippen molar-refractivity contribution >= 4 is 11.8 Å². The molecule has 0 saturated carbocycles. The second-order valence-corrected chi connectivity index (χ2v) is 4.86. The summed E-state index contributed by atoms with van der Waals surface area (Å²) in [5, 5.41) is 3.96. The van der Waals surface area contributed by atoms with Gasteiger partial charge in [0.25, 0.3) is 0 Å². The van der Waals surface area contributed by atoms with Crippen molar-refractivity contribution in [1.29, 1.82) is 0 Å². The molecule has 1 aliphatic heterocycles. The Kier molecular flexibility index (Phi) is 2.58. The minimum atomic E-state index is 0.367. The lowest BCUT2D eigenvalue weighted by molar-refractivity contribution is 0.355. The predicted octanol–water partition coefficient (Wildman–Crippen LogP) is 2.41. The zero-order chi connectivity index (χ0) is 9.26. The van der Waals surface area contributed by atoms with Crippen molar-refractivity contribution in [3.63, 3.8) is 0 Å². The molecule has 1 aliphatic rings. The molecular weight excluding hydrogens is 184 g/mol. The van der Waals surface area contributed by atoms with Gasteiger partial charge in [0.1, 0.15) is 0 Å². The smallest absolute Gasteiger partial charge is 0.230 e. The van der Waals surface area contributed by atoms with Gasteiger partial charge in [-0.05, 0) is 12.2 Å². The quantitative estimate of drug-likeness (QED) is 0.731. The molecule has 2 heterocycles. The van der Waals surface area contributed by atoms with E-state index in [1.54, 1.807) is 0 Å². The lowest BCUT2D eigenvalue weighted by Crippen LogP contribution is -1.97. The van der Waals surface area contributed by atoms with E-state index >= 15 is 0 Å². The molecule has 3 nitrogen and oxygen atoms in total. The number of hydrogen-bond donors (Lipinski definition) is 0. The van der Waals surface area contributed by atoms with Gasteiger partial charge in [-0.15, -0.1) is 0 Å². The molecule has 0 spiro atoms. The van der Waals surface area contributed by atoms with Gasteiger partial charge in [-0.3, -0.25) is 0 Å². The third-order valence-corrected chi connectivity index (χ3v) is 3.42. The summed E-state index contributed by atoms with van der Waals surface area (Å²) in [5.41, 5.74) is 0. The van der Waals surface area contributed by atoms with Crippen LogP contribution in [0.2, 0.25) is 0 Å². The summed E-state index contributed by atoms with van der Waals surface area (Å²) in [6.07, 6.45) is 1.18. The van der Waals surface area contributed by atoms with Crippen molar-refractivity contribution in [3.05, 3.63) is 11.7 Å². The van der Waals surface area contributed by atoms with Crippen LogP contribution in [-0.2, 0) is 0 Å². The SMILES string of the molecule is CC(C)c1noc(C2CCSC2)n1. The Labute approximate surface area is 82.3 Å². The van der Waals surface area contributed by atoms with Crippen molar-refractivity contribution in [2.45, 2.75) is 32.1 Å². The number of thioether (sulfide) groups is 1. The molecule has 0 aliphatic carbocycles. The first kappa shape index (κ1) is 9.06. The van der Waals surface area contributed by atoms with Gasteiger partial charge in [-0.1, -0.05) is 19.0 Å². The average molecular weight is 198 g/mol. The normalized spacial score (nSPS) is 22.8. The molecule has 2 rings (SSSR count). The van der Waals surface area contributed by atoms with E-state index < -0.39 is 0 Å². The van der Waals surface area contributed by atoms with Crippen molar-refractivity contribution in [2.75, 3.05) is 11.5 Å². The molecule has 4 heteroatoms. The minimum absolute atomic E-state index is 0.367. The van der Waals surface area contributed by atoms with Crippen LogP contribution >= 0.6 is 11.8 Å². The number of nitrogens with zero attached hydrogens (tertiary/aromatic N) is 2. The molecular formula is C9H14N2OS. The van der Waals surface area contributed by atoms with Gasteiger partial charge in [-0.2, -0.15) is 16.7 Å². The number of hydrogen-bond acceptors (Lipinski definition) is 4. The fourth-order valence-corrected chi connectivity index (χ4v) is 2.59. The Morgan fingerprint density at radius 3 is 2.92 bits per heavy atom. The van der Waals surface area contributed by atoms with Crippen molar-refractivity contribution in [1.82, 2.24) is 10.1 Å². The van der Waals surface area contributed by atoms with Crippen LogP contribution in [0.1, 0.15) is 43.8 Å². The Morgan fingerprint density at radius 2 is 2.38 bits per heavy atom. The minimum Gasteiger partial charge on any atom is -0.339 e. The molecule has 1 aromatic heterocycles. The van der Waals surface area contributed by atoms with Gasteiger partial charge in [0.2, 0.25) is 5.89 Å². The van der Waals surface area contributed by atoms with Crippen LogP contribution in [0.5, 0.6) is 0 Å².